The molecule has 2 rings (SSSR count). The number of hydrogen-bond donors (Lipinski definition) is 1. The van der Waals surface area contributed by atoms with Crippen LogP contribution in [0.2, 0.25) is 0 Å². The second-order valence-corrected chi connectivity index (χ2v) is 8.03. The van der Waals surface area contributed by atoms with E-state index in [1.165, 1.54) is 18.2 Å². The first-order valence-electron chi connectivity index (χ1n) is 8.57. The van der Waals surface area contributed by atoms with Crippen LogP contribution in [0.1, 0.15) is 24.0 Å². The molecule has 0 aromatic heterocycles. The van der Waals surface area contributed by atoms with E-state index in [0.717, 1.165) is 11.8 Å². The van der Waals surface area contributed by atoms with Crippen molar-refractivity contribution < 1.29 is 35.9 Å². The highest BCUT2D eigenvalue weighted by molar-refractivity contribution is 7.89. The highest BCUT2D eigenvalue weighted by Crippen LogP contribution is 2.24. The van der Waals surface area contributed by atoms with Gasteiger partial charge in [-0.05, 0) is 48.2 Å². The number of aryl methyl sites for hydroxylation is 1. The number of halogens is 3. The third kappa shape index (κ3) is 9.33. The van der Waals surface area contributed by atoms with E-state index < -0.39 is 22.3 Å². The van der Waals surface area contributed by atoms with Crippen LogP contribution in [0.4, 0.5) is 13.2 Å². The topological polar surface area (TPSA) is 81.7 Å². The van der Waals surface area contributed by atoms with Gasteiger partial charge in [0.2, 0.25) is 15.9 Å². The van der Waals surface area contributed by atoms with Gasteiger partial charge in [-0.3, -0.25) is 9.52 Å². The molecule has 6 nitrogen and oxygen atoms in total. The summed E-state index contributed by atoms with van der Waals surface area (Å²) in [6.45, 7) is 0.0695. The number of ether oxygens (including phenoxy) is 2. The standard InChI is InChI=1S/C19H20F3NO5S/c1-29(25,26)23-18(24)7-3-4-14-8-10-16(11-9-14)27-13-15-5-2-6-17(12-15)28-19(20,21)22/h2,5-6,8-12H,3-4,7,13H2,1H3,(H,23,24). The van der Waals surface area contributed by atoms with Gasteiger partial charge in [0.05, 0.1) is 6.26 Å². The monoisotopic (exact) mass is 431 g/mol. The third-order valence-electron chi connectivity index (χ3n) is 3.63. The molecule has 0 bridgehead atoms. The maximum absolute atomic E-state index is 12.3. The van der Waals surface area contributed by atoms with E-state index in [4.69, 9.17) is 4.74 Å². The van der Waals surface area contributed by atoms with Crippen LogP contribution >= 0.6 is 0 Å². The van der Waals surface area contributed by atoms with Crippen LogP contribution in [-0.4, -0.2) is 26.9 Å². The van der Waals surface area contributed by atoms with Crippen LogP contribution in [0.25, 0.3) is 0 Å². The summed E-state index contributed by atoms with van der Waals surface area (Å²) in [5, 5.41) is 0. The second kappa shape index (κ2) is 9.64. The minimum Gasteiger partial charge on any atom is -0.489 e. The van der Waals surface area contributed by atoms with Gasteiger partial charge in [-0.15, -0.1) is 13.2 Å². The summed E-state index contributed by atoms with van der Waals surface area (Å²) in [5.74, 6) is -0.330. The normalized spacial score (nSPS) is 11.7. The molecule has 2 aromatic rings. The molecule has 0 aliphatic carbocycles. The molecule has 0 spiro atoms. The molecule has 1 amide bonds. The minimum atomic E-state index is -4.75. The first-order valence-corrected chi connectivity index (χ1v) is 10.5. The van der Waals surface area contributed by atoms with Crippen molar-refractivity contribution in [2.45, 2.75) is 32.2 Å². The van der Waals surface area contributed by atoms with Crippen LogP contribution in [0.15, 0.2) is 48.5 Å². The molecule has 29 heavy (non-hydrogen) atoms. The van der Waals surface area contributed by atoms with Gasteiger partial charge in [0.15, 0.2) is 0 Å². The summed E-state index contributed by atoms with van der Waals surface area (Å²) in [6, 6.07) is 12.6. The van der Waals surface area contributed by atoms with Crippen molar-refractivity contribution >= 4 is 15.9 Å². The highest BCUT2D eigenvalue weighted by atomic mass is 32.2. The quantitative estimate of drug-likeness (QED) is 0.657. The molecule has 2 aromatic carbocycles. The van der Waals surface area contributed by atoms with Crippen LogP contribution in [0, 0.1) is 0 Å². The Morgan fingerprint density at radius 1 is 1.03 bits per heavy atom. The Morgan fingerprint density at radius 3 is 2.34 bits per heavy atom. The lowest BCUT2D eigenvalue weighted by Crippen LogP contribution is -2.29. The number of nitrogens with one attached hydrogen (secondary N) is 1. The van der Waals surface area contributed by atoms with Crippen LogP contribution in [0.5, 0.6) is 11.5 Å². The summed E-state index contributed by atoms with van der Waals surface area (Å²) in [4.78, 5) is 11.4. The van der Waals surface area contributed by atoms with Crippen LogP contribution in [0.3, 0.4) is 0 Å². The largest absolute Gasteiger partial charge is 0.573 e. The summed E-state index contributed by atoms with van der Waals surface area (Å²) in [5.41, 5.74) is 1.46. The molecule has 0 unspecified atom stereocenters. The summed E-state index contributed by atoms with van der Waals surface area (Å²) < 4.78 is 70.0. The molecule has 0 fully saturated rings. The number of hydrogen-bond acceptors (Lipinski definition) is 5. The molecule has 0 atom stereocenters. The third-order valence-corrected chi connectivity index (χ3v) is 4.23. The molecule has 0 aliphatic heterocycles. The molecule has 1 N–H and O–H groups in total. The number of alkyl halides is 3. The second-order valence-electron chi connectivity index (χ2n) is 6.28. The lowest BCUT2D eigenvalue weighted by atomic mass is 10.1. The SMILES string of the molecule is CS(=O)(=O)NC(=O)CCCc1ccc(OCc2cccc(OC(F)(F)F)c2)cc1. The van der Waals surface area contributed by atoms with Crippen molar-refractivity contribution in [1.29, 1.82) is 0 Å². The number of carbonyl (C=O) groups excluding carboxylic acids is 1. The molecule has 0 aliphatic rings. The summed E-state index contributed by atoms with van der Waals surface area (Å²) in [6.07, 6.45) is -2.69. The van der Waals surface area contributed by atoms with Gasteiger partial charge in [-0.25, -0.2) is 8.42 Å². The van der Waals surface area contributed by atoms with Gasteiger partial charge in [0.25, 0.3) is 0 Å². The van der Waals surface area contributed by atoms with Gasteiger partial charge < -0.3 is 9.47 Å². The zero-order chi connectivity index (χ0) is 21.5. The maximum Gasteiger partial charge on any atom is 0.573 e. The average molecular weight is 431 g/mol. The molecule has 0 saturated heterocycles. The number of sulfonamides is 1. The smallest absolute Gasteiger partial charge is 0.489 e. The van der Waals surface area contributed by atoms with Crippen molar-refractivity contribution in [1.82, 2.24) is 4.72 Å². The van der Waals surface area contributed by atoms with Gasteiger partial charge in [-0.1, -0.05) is 24.3 Å². The Balaban J connectivity index is 1.81. The molecule has 0 heterocycles. The number of carbonyl (C=O) groups is 1. The molecular formula is C19H20F3NO5S. The predicted octanol–water partition coefficient (Wildman–Crippen LogP) is 3.56. The van der Waals surface area contributed by atoms with Crippen molar-refractivity contribution in [3.05, 3.63) is 59.7 Å². The number of amides is 1. The number of rotatable bonds is 9. The van der Waals surface area contributed by atoms with E-state index in [1.807, 2.05) is 4.72 Å². The zero-order valence-corrected chi connectivity index (χ0v) is 16.3. The molecular weight excluding hydrogens is 411 g/mol. The van der Waals surface area contributed by atoms with Crippen LogP contribution < -0.4 is 14.2 Å². The van der Waals surface area contributed by atoms with E-state index >= 15 is 0 Å². The molecule has 0 radical (unpaired) electrons. The van der Waals surface area contributed by atoms with Crippen molar-refractivity contribution in [3.8, 4) is 11.5 Å². The van der Waals surface area contributed by atoms with Crippen molar-refractivity contribution in [2.75, 3.05) is 6.26 Å². The van der Waals surface area contributed by atoms with E-state index in [9.17, 15) is 26.4 Å². The van der Waals surface area contributed by atoms with Crippen molar-refractivity contribution in [3.63, 3.8) is 0 Å². The highest BCUT2D eigenvalue weighted by Gasteiger charge is 2.31. The maximum atomic E-state index is 12.3. The average Bonchev–Trinajstić information content (AvgIpc) is 2.58. The van der Waals surface area contributed by atoms with E-state index in [1.54, 1.807) is 30.3 Å². The minimum absolute atomic E-state index is 0.0695. The first-order chi connectivity index (χ1) is 13.5. The van der Waals surface area contributed by atoms with E-state index in [-0.39, 0.29) is 18.8 Å². The molecule has 158 valence electrons. The Kier molecular flexibility index (Phi) is 7.49. The van der Waals surface area contributed by atoms with E-state index in [0.29, 0.717) is 24.2 Å². The first kappa shape index (κ1) is 22.5. The van der Waals surface area contributed by atoms with E-state index in [2.05, 4.69) is 4.74 Å². The van der Waals surface area contributed by atoms with Gasteiger partial charge in [0.1, 0.15) is 18.1 Å². The fourth-order valence-corrected chi connectivity index (χ4v) is 2.98. The van der Waals surface area contributed by atoms with Gasteiger partial charge in [-0.2, -0.15) is 0 Å². The lowest BCUT2D eigenvalue weighted by Gasteiger charge is -2.11. The van der Waals surface area contributed by atoms with Gasteiger partial charge in [0, 0.05) is 6.42 Å². The predicted molar refractivity (Wildman–Crippen MR) is 99.8 cm³/mol. The van der Waals surface area contributed by atoms with Gasteiger partial charge >= 0.3 is 6.36 Å². The summed E-state index contributed by atoms with van der Waals surface area (Å²) >= 11 is 0. The van der Waals surface area contributed by atoms with Crippen LogP contribution in [-0.2, 0) is 27.8 Å². The Morgan fingerprint density at radius 2 is 1.72 bits per heavy atom. The Hall–Kier alpha value is -2.75. The Labute approximate surface area is 166 Å². The number of benzene rings is 2. The fourth-order valence-electron chi connectivity index (χ4n) is 2.46. The lowest BCUT2D eigenvalue weighted by molar-refractivity contribution is -0.274. The Bertz CT molecular complexity index is 928. The molecule has 0 saturated carbocycles. The summed E-state index contributed by atoms with van der Waals surface area (Å²) in [7, 11) is -3.54. The molecule has 10 heteroatoms. The fraction of sp³-hybridized carbons (Fsp3) is 0.316. The van der Waals surface area contributed by atoms with Crippen molar-refractivity contribution in [2.24, 2.45) is 0 Å². The zero-order valence-electron chi connectivity index (χ0n) is 15.5.